The Morgan fingerprint density at radius 1 is 0.892 bits per heavy atom. The van der Waals surface area contributed by atoms with Gasteiger partial charge < -0.3 is 10.2 Å². The number of hydrogen-bond donors (Lipinski definition) is 1. The van der Waals surface area contributed by atoms with E-state index in [1.54, 1.807) is 50.2 Å². The number of carbonyl (C=O) groups is 2. The monoisotopic (exact) mass is 585 g/mol. The largest absolute Gasteiger partial charge is 0.355 e. The van der Waals surface area contributed by atoms with Crippen LogP contribution >= 0.6 is 15.9 Å². The molecule has 1 N–H and O–H groups in total. The van der Waals surface area contributed by atoms with Gasteiger partial charge in [-0.2, -0.15) is 0 Å². The van der Waals surface area contributed by atoms with Gasteiger partial charge in [0.15, 0.2) is 0 Å². The van der Waals surface area contributed by atoms with E-state index in [4.69, 9.17) is 0 Å². The van der Waals surface area contributed by atoms with Crippen LogP contribution in [-0.2, 0) is 26.2 Å². The number of hydrogen-bond acceptors (Lipinski definition) is 4. The summed E-state index contributed by atoms with van der Waals surface area (Å²) in [6.45, 7) is 7.41. The van der Waals surface area contributed by atoms with Crippen molar-refractivity contribution in [3.8, 4) is 0 Å². The molecule has 3 aromatic rings. The molecular weight excluding hydrogens is 554 g/mol. The second-order valence-electron chi connectivity index (χ2n) is 8.88. The molecule has 37 heavy (non-hydrogen) atoms. The SMILES string of the molecule is CCNC(=O)C(C)N(Cc1ccc(C)cc1)C(=O)CN(c1ccc(Br)cc1)S(=O)(=O)c1ccc(C)cc1. The number of nitrogens with zero attached hydrogens (tertiary/aromatic N) is 2. The summed E-state index contributed by atoms with van der Waals surface area (Å²) in [5.74, 6) is -0.794. The summed E-state index contributed by atoms with van der Waals surface area (Å²) in [6, 6.07) is 20.1. The summed E-state index contributed by atoms with van der Waals surface area (Å²) in [7, 11) is -4.08. The van der Waals surface area contributed by atoms with Crippen molar-refractivity contribution in [2.45, 2.75) is 45.2 Å². The first kappa shape index (κ1) is 28.4. The molecule has 0 aliphatic heterocycles. The third-order valence-corrected chi connectivity index (χ3v) is 8.31. The Balaban J connectivity index is 2.01. The Labute approximate surface area is 227 Å². The van der Waals surface area contributed by atoms with E-state index in [1.165, 1.54) is 17.0 Å². The lowest BCUT2D eigenvalue weighted by Crippen LogP contribution is -2.51. The second kappa shape index (κ2) is 12.4. The Morgan fingerprint density at radius 2 is 1.43 bits per heavy atom. The van der Waals surface area contributed by atoms with Gasteiger partial charge in [0.1, 0.15) is 12.6 Å². The van der Waals surface area contributed by atoms with Gasteiger partial charge in [-0.1, -0.05) is 63.5 Å². The highest BCUT2D eigenvalue weighted by Crippen LogP contribution is 2.26. The van der Waals surface area contributed by atoms with Crippen LogP contribution in [0.5, 0.6) is 0 Å². The molecule has 0 aliphatic rings. The van der Waals surface area contributed by atoms with Crippen LogP contribution in [0.3, 0.4) is 0 Å². The fraction of sp³-hybridized carbons (Fsp3) is 0.286. The predicted octanol–water partition coefficient (Wildman–Crippen LogP) is 4.81. The van der Waals surface area contributed by atoms with Gasteiger partial charge in [0, 0.05) is 17.6 Å². The second-order valence-corrected chi connectivity index (χ2v) is 11.7. The quantitative estimate of drug-likeness (QED) is 0.370. The fourth-order valence-electron chi connectivity index (χ4n) is 3.77. The number of benzene rings is 3. The Kier molecular flexibility index (Phi) is 9.50. The molecule has 3 aromatic carbocycles. The van der Waals surface area contributed by atoms with E-state index in [-0.39, 0.29) is 17.3 Å². The molecule has 1 unspecified atom stereocenters. The molecule has 2 amide bonds. The molecule has 0 spiro atoms. The van der Waals surface area contributed by atoms with Gasteiger partial charge in [-0.25, -0.2) is 8.42 Å². The average Bonchev–Trinajstić information content (AvgIpc) is 2.87. The van der Waals surface area contributed by atoms with Gasteiger partial charge >= 0.3 is 0 Å². The average molecular weight is 587 g/mol. The Morgan fingerprint density at radius 3 is 1.97 bits per heavy atom. The van der Waals surface area contributed by atoms with Crippen LogP contribution in [0, 0.1) is 13.8 Å². The van der Waals surface area contributed by atoms with Crippen molar-refractivity contribution in [3.05, 3.63) is 94.0 Å². The molecule has 9 heteroatoms. The van der Waals surface area contributed by atoms with Gasteiger partial charge in [0.05, 0.1) is 10.6 Å². The summed E-state index contributed by atoms with van der Waals surface area (Å²) in [4.78, 5) is 28.0. The van der Waals surface area contributed by atoms with Gasteiger partial charge in [-0.05, 0) is 69.7 Å². The molecule has 0 fully saturated rings. The number of nitrogens with one attached hydrogen (secondary N) is 1. The molecule has 7 nitrogen and oxygen atoms in total. The van der Waals surface area contributed by atoms with E-state index in [0.717, 1.165) is 25.5 Å². The molecule has 3 rings (SSSR count). The van der Waals surface area contributed by atoms with Crippen LogP contribution in [0.25, 0.3) is 0 Å². The van der Waals surface area contributed by atoms with E-state index in [2.05, 4.69) is 21.2 Å². The molecule has 0 heterocycles. The van der Waals surface area contributed by atoms with Gasteiger partial charge in [0.2, 0.25) is 11.8 Å². The number of anilines is 1. The highest BCUT2D eigenvalue weighted by molar-refractivity contribution is 9.10. The first-order valence-electron chi connectivity index (χ1n) is 12.0. The van der Waals surface area contributed by atoms with Crippen molar-refractivity contribution in [2.24, 2.45) is 0 Å². The molecule has 1 atom stereocenters. The first-order chi connectivity index (χ1) is 17.5. The smallest absolute Gasteiger partial charge is 0.264 e. The number of amides is 2. The highest BCUT2D eigenvalue weighted by atomic mass is 79.9. The van der Waals surface area contributed by atoms with Crippen LogP contribution < -0.4 is 9.62 Å². The summed E-state index contributed by atoms with van der Waals surface area (Å²) < 4.78 is 29.4. The minimum absolute atomic E-state index is 0.0793. The lowest BCUT2D eigenvalue weighted by atomic mass is 10.1. The number of halogens is 1. The number of likely N-dealkylation sites (N-methyl/N-ethyl adjacent to an activating group) is 1. The van der Waals surface area contributed by atoms with Crippen molar-refractivity contribution in [1.29, 1.82) is 0 Å². The number of aryl methyl sites for hydroxylation is 2. The molecule has 0 saturated heterocycles. The van der Waals surface area contributed by atoms with Crippen LogP contribution in [0.4, 0.5) is 5.69 Å². The van der Waals surface area contributed by atoms with Gasteiger partial charge in [-0.3, -0.25) is 13.9 Å². The molecule has 196 valence electrons. The van der Waals surface area contributed by atoms with Gasteiger partial charge in [0.25, 0.3) is 10.0 Å². The molecule has 0 saturated carbocycles. The standard InChI is InChI=1S/C28H32BrN3O4S/c1-5-30-28(34)22(4)31(18-23-10-6-20(2)7-11-23)27(33)19-32(25-14-12-24(29)13-15-25)37(35,36)26-16-8-21(3)9-17-26/h6-17,22H,5,18-19H2,1-4H3,(H,30,34). The summed E-state index contributed by atoms with van der Waals surface area (Å²) >= 11 is 3.38. The van der Waals surface area contributed by atoms with Gasteiger partial charge in [-0.15, -0.1) is 0 Å². The lowest BCUT2D eigenvalue weighted by molar-refractivity contribution is -0.139. The van der Waals surface area contributed by atoms with Crippen LogP contribution in [0.15, 0.2) is 82.2 Å². The van der Waals surface area contributed by atoms with Crippen molar-refractivity contribution < 1.29 is 18.0 Å². The van der Waals surface area contributed by atoms with Crippen LogP contribution in [0.2, 0.25) is 0 Å². The summed E-state index contributed by atoms with van der Waals surface area (Å²) in [6.07, 6.45) is 0. The zero-order valence-electron chi connectivity index (χ0n) is 21.4. The van der Waals surface area contributed by atoms with E-state index >= 15 is 0 Å². The first-order valence-corrected chi connectivity index (χ1v) is 14.2. The minimum Gasteiger partial charge on any atom is -0.355 e. The predicted molar refractivity (Wildman–Crippen MR) is 150 cm³/mol. The maximum absolute atomic E-state index is 13.8. The van der Waals surface area contributed by atoms with Crippen LogP contribution in [0.1, 0.15) is 30.5 Å². The molecule has 0 bridgehead atoms. The Hall–Kier alpha value is -3.17. The zero-order valence-corrected chi connectivity index (χ0v) is 23.8. The maximum Gasteiger partial charge on any atom is 0.264 e. The Bertz CT molecular complexity index is 1330. The number of rotatable bonds is 10. The molecule has 0 aliphatic carbocycles. The van der Waals surface area contributed by atoms with Crippen molar-refractivity contribution in [2.75, 3.05) is 17.4 Å². The minimum atomic E-state index is -4.08. The number of sulfonamides is 1. The number of carbonyl (C=O) groups excluding carboxylic acids is 2. The third-order valence-electron chi connectivity index (χ3n) is 5.99. The fourth-order valence-corrected chi connectivity index (χ4v) is 5.45. The normalized spacial score (nSPS) is 12.0. The molecule has 0 radical (unpaired) electrons. The van der Waals surface area contributed by atoms with Crippen molar-refractivity contribution in [1.82, 2.24) is 10.2 Å². The molecular formula is C28H32BrN3O4S. The summed E-state index contributed by atoms with van der Waals surface area (Å²) in [5, 5.41) is 2.76. The lowest BCUT2D eigenvalue weighted by Gasteiger charge is -2.32. The van der Waals surface area contributed by atoms with E-state index < -0.39 is 28.5 Å². The van der Waals surface area contributed by atoms with E-state index in [9.17, 15) is 18.0 Å². The maximum atomic E-state index is 13.8. The molecule has 0 aromatic heterocycles. The van der Waals surface area contributed by atoms with E-state index in [1.807, 2.05) is 38.1 Å². The third kappa shape index (κ3) is 7.20. The van der Waals surface area contributed by atoms with E-state index in [0.29, 0.717) is 12.2 Å². The zero-order chi connectivity index (χ0) is 27.2. The highest BCUT2D eigenvalue weighted by Gasteiger charge is 2.32. The summed E-state index contributed by atoms with van der Waals surface area (Å²) in [5.41, 5.74) is 3.18. The van der Waals surface area contributed by atoms with Crippen LogP contribution in [-0.4, -0.2) is 44.3 Å². The van der Waals surface area contributed by atoms with Crippen molar-refractivity contribution >= 4 is 43.5 Å². The van der Waals surface area contributed by atoms with Crippen molar-refractivity contribution in [3.63, 3.8) is 0 Å². The topological polar surface area (TPSA) is 86.8 Å².